The molecule has 0 saturated heterocycles. The topological polar surface area (TPSA) is 109 Å². The quantitative estimate of drug-likeness (QED) is 0.500. The molecule has 0 fully saturated rings. The molecule has 0 unspecified atom stereocenters. The summed E-state index contributed by atoms with van der Waals surface area (Å²) >= 11 is 1.04. The fraction of sp³-hybridized carbons (Fsp3) is 0.238. The maximum absolute atomic E-state index is 12.3. The molecule has 0 radical (unpaired) electrons. The lowest BCUT2D eigenvalue weighted by Crippen LogP contribution is -2.11. The normalized spacial score (nSPS) is 10.3. The van der Waals surface area contributed by atoms with E-state index in [9.17, 15) is 9.59 Å². The van der Waals surface area contributed by atoms with Crippen LogP contribution in [0.25, 0.3) is 0 Å². The standard InChI is InChI=1S/C21H21N3O6S/c1-4-29-16-10-5-13(11-17(16)28-3)21(26)30-12-18-23-24-20(31-18)19(25)22-14-6-8-15(27-2)9-7-14/h5-11H,4,12H2,1-3H3,(H,22,25). The van der Waals surface area contributed by atoms with Gasteiger partial charge in [-0.25, -0.2) is 4.79 Å². The zero-order chi connectivity index (χ0) is 22.2. The second-order valence-electron chi connectivity index (χ2n) is 6.06. The number of anilines is 1. The Morgan fingerprint density at radius 3 is 2.45 bits per heavy atom. The number of esters is 1. The Labute approximate surface area is 182 Å². The van der Waals surface area contributed by atoms with Crippen LogP contribution in [0.4, 0.5) is 5.69 Å². The third-order valence-electron chi connectivity index (χ3n) is 4.03. The molecule has 0 aliphatic carbocycles. The second-order valence-corrected chi connectivity index (χ2v) is 7.12. The Balaban J connectivity index is 1.58. The molecular weight excluding hydrogens is 422 g/mol. The molecule has 10 heteroatoms. The fourth-order valence-corrected chi connectivity index (χ4v) is 3.19. The molecule has 1 N–H and O–H groups in total. The Hall–Kier alpha value is -3.66. The van der Waals surface area contributed by atoms with Gasteiger partial charge in [0.2, 0.25) is 5.01 Å². The highest BCUT2D eigenvalue weighted by molar-refractivity contribution is 7.13. The smallest absolute Gasteiger partial charge is 0.338 e. The van der Waals surface area contributed by atoms with Gasteiger partial charge in [0.05, 0.1) is 26.4 Å². The predicted octanol–water partition coefficient (Wildman–Crippen LogP) is 3.56. The molecule has 0 spiro atoms. The third-order valence-corrected chi connectivity index (χ3v) is 4.93. The van der Waals surface area contributed by atoms with Gasteiger partial charge in [0.1, 0.15) is 12.4 Å². The third kappa shape index (κ3) is 5.70. The molecule has 0 atom stereocenters. The van der Waals surface area contributed by atoms with E-state index in [1.54, 1.807) is 49.6 Å². The number of amides is 1. The van der Waals surface area contributed by atoms with E-state index in [-0.39, 0.29) is 11.6 Å². The summed E-state index contributed by atoms with van der Waals surface area (Å²) in [7, 11) is 3.06. The van der Waals surface area contributed by atoms with E-state index < -0.39 is 11.9 Å². The van der Waals surface area contributed by atoms with Crippen LogP contribution in [0.2, 0.25) is 0 Å². The summed E-state index contributed by atoms with van der Waals surface area (Å²) < 4.78 is 21.0. The van der Waals surface area contributed by atoms with Crippen LogP contribution in [0.3, 0.4) is 0 Å². The Kier molecular flexibility index (Phi) is 7.39. The summed E-state index contributed by atoms with van der Waals surface area (Å²) in [4.78, 5) is 24.7. The van der Waals surface area contributed by atoms with Crippen LogP contribution in [0, 0.1) is 0 Å². The van der Waals surface area contributed by atoms with Gasteiger partial charge in [0, 0.05) is 5.69 Å². The summed E-state index contributed by atoms with van der Waals surface area (Å²) in [6.45, 7) is 2.22. The number of ether oxygens (including phenoxy) is 4. The number of benzene rings is 2. The van der Waals surface area contributed by atoms with Crippen LogP contribution >= 0.6 is 11.3 Å². The number of methoxy groups -OCH3 is 2. The van der Waals surface area contributed by atoms with E-state index in [0.717, 1.165) is 11.3 Å². The molecule has 9 nitrogen and oxygen atoms in total. The van der Waals surface area contributed by atoms with Crippen molar-refractivity contribution in [2.75, 3.05) is 26.1 Å². The van der Waals surface area contributed by atoms with Gasteiger partial charge in [0.25, 0.3) is 5.91 Å². The molecule has 1 aromatic heterocycles. The number of nitrogens with one attached hydrogen (secondary N) is 1. The lowest BCUT2D eigenvalue weighted by molar-refractivity contribution is 0.0471. The molecule has 162 valence electrons. The second kappa shape index (κ2) is 10.4. The molecule has 31 heavy (non-hydrogen) atoms. The number of aromatic nitrogens is 2. The van der Waals surface area contributed by atoms with E-state index in [0.29, 0.717) is 40.1 Å². The molecule has 0 saturated carbocycles. The molecule has 1 heterocycles. The van der Waals surface area contributed by atoms with Crippen LogP contribution in [-0.4, -0.2) is 42.9 Å². The highest BCUT2D eigenvalue weighted by Gasteiger charge is 2.16. The molecule has 2 aromatic carbocycles. The minimum absolute atomic E-state index is 0.109. The van der Waals surface area contributed by atoms with Crippen molar-refractivity contribution in [1.82, 2.24) is 10.2 Å². The number of carbonyl (C=O) groups excluding carboxylic acids is 2. The first-order valence-corrected chi connectivity index (χ1v) is 10.1. The first-order chi connectivity index (χ1) is 15.0. The first-order valence-electron chi connectivity index (χ1n) is 9.29. The fourth-order valence-electron chi connectivity index (χ4n) is 2.54. The van der Waals surface area contributed by atoms with Crippen LogP contribution in [0.15, 0.2) is 42.5 Å². The zero-order valence-corrected chi connectivity index (χ0v) is 18.0. The number of rotatable bonds is 9. The van der Waals surface area contributed by atoms with Crippen molar-refractivity contribution in [1.29, 1.82) is 0 Å². The monoisotopic (exact) mass is 443 g/mol. The number of hydrogen-bond donors (Lipinski definition) is 1. The van der Waals surface area contributed by atoms with E-state index in [2.05, 4.69) is 15.5 Å². The van der Waals surface area contributed by atoms with Gasteiger partial charge < -0.3 is 24.3 Å². The average Bonchev–Trinajstić information content (AvgIpc) is 3.27. The van der Waals surface area contributed by atoms with Gasteiger partial charge in [-0.15, -0.1) is 10.2 Å². The maximum atomic E-state index is 12.3. The minimum Gasteiger partial charge on any atom is -0.497 e. The largest absolute Gasteiger partial charge is 0.497 e. The lowest BCUT2D eigenvalue weighted by atomic mass is 10.2. The van der Waals surface area contributed by atoms with E-state index in [1.807, 2.05) is 6.92 Å². The lowest BCUT2D eigenvalue weighted by Gasteiger charge is -2.10. The van der Waals surface area contributed by atoms with Crippen molar-refractivity contribution < 1.29 is 28.5 Å². The van der Waals surface area contributed by atoms with Gasteiger partial charge in [-0.3, -0.25) is 4.79 Å². The van der Waals surface area contributed by atoms with Crippen molar-refractivity contribution in [3.05, 3.63) is 58.0 Å². The van der Waals surface area contributed by atoms with Crippen molar-refractivity contribution >= 4 is 28.9 Å². The Morgan fingerprint density at radius 1 is 1.00 bits per heavy atom. The average molecular weight is 443 g/mol. The van der Waals surface area contributed by atoms with Gasteiger partial charge in [-0.2, -0.15) is 0 Å². The molecule has 3 aromatic rings. The first kappa shape index (κ1) is 22.0. The van der Waals surface area contributed by atoms with E-state index in [1.165, 1.54) is 7.11 Å². The minimum atomic E-state index is -0.555. The molecule has 1 amide bonds. The highest BCUT2D eigenvalue weighted by Crippen LogP contribution is 2.28. The van der Waals surface area contributed by atoms with Gasteiger partial charge >= 0.3 is 5.97 Å². The van der Waals surface area contributed by atoms with Crippen molar-refractivity contribution in [3.63, 3.8) is 0 Å². The van der Waals surface area contributed by atoms with Crippen LogP contribution < -0.4 is 19.5 Å². The maximum Gasteiger partial charge on any atom is 0.338 e. The van der Waals surface area contributed by atoms with Crippen molar-refractivity contribution in [2.45, 2.75) is 13.5 Å². The molecule has 0 aliphatic heterocycles. The molecule has 3 rings (SSSR count). The number of carbonyl (C=O) groups is 2. The summed E-state index contributed by atoms with van der Waals surface area (Å²) in [6, 6.07) is 11.7. The summed E-state index contributed by atoms with van der Waals surface area (Å²) in [6.07, 6.45) is 0. The van der Waals surface area contributed by atoms with Gasteiger partial charge in [-0.05, 0) is 49.4 Å². The van der Waals surface area contributed by atoms with Crippen LogP contribution in [0.1, 0.15) is 32.1 Å². The highest BCUT2D eigenvalue weighted by atomic mass is 32.1. The number of nitrogens with zero attached hydrogens (tertiary/aromatic N) is 2. The molecule has 0 aliphatic rings. The van der Waals surface area contributed by atoms with E-state index >= 15 is 0 Å². The summed E-state index contributed by atoms with van der Waals surface area (Å²) in [5.74, 6) is 0.698. The van der Waals surface area contributed by atoms with Gasteiger partial charge in [0.15, 0.2) is 16.5 Å². The van der Waals surface area contributed by atoms with Gasteiger partial charge in [-0.1, -0.05) is 11.3 Å². The van der Waals surface area contributed by atoms with Crippen LogP contribution in [0.5, 0.6) is 17.2 Å². The molecular formula is C21H21N3O6S. The number of hydrogen-bond acceptors (Lipinski definition) is 9. The van der Waals surface area contributed by atoms with Crippen LogP contribution in [-0.2, 0) is 11.3 Å². The zero-order valence-electron chi connectivity index (χ0n) is 17.2. The van der Waals surface area contributed by atoms with E-state index in [4.69, 9.17) is 18.9 Å². The SMILES string of the molecule is CCOc1ccc(C(=O)OCc2nnc(C(=O)Nc3ccc(OC)cc3)s2)cc1OC. The summed E-state index contributed by atoms with van der Waals surface area (Å²) in [5, 5.41) is 11.0. The predicted molar refractivity (Wildman–Crippen MR) is 114 cm³/mol. The Morgan fingerprint density at radius 2 is 1.77 bits per heavy atom. The van der Waals surface area contributed by atoms with Crippen molar-refractivity contribution in [2.24, 2.45) is 0 Å². The molecule has 0 bridgehead atoms. The Bertz CT molecular complexity index is 1050. The summed E-state index contributed by atoms with van der Waals surface area (Å²) in [5.41, 5.74) is 0.903. The van der Waals surface area contributed by atoms with Crippen molar-refractivity contribution in [3.8, 4) is 17.2 Å².